The molecular weight excluding hydrogens is 494 g/mol. The van der Waals surface area contributed by atoms with Gasteiger partial charge in [0.1, 0.15) is 19.0 Å². The van der Waals surface area contributed by atoms with Crippen molar-refractivity contribution in [2.45, 2.75) is 13.8 Å². The largest absolute Gasteiger partial charge is 0.493 e. The van der Waals surface area contributed by atoms with E-state index in [0.717, 1.165) is 28.6 Å². The average Bonchev–Trinajstić information content (AvgIpc) is 3.02. The lowest BCUT2D eigenvalue weighted by atomic mass is 10.1. The van der Waals surface area contributed by atoms with Crippen LogP contribution >= 0.6 is 27.7 Å². The van der Waals surface area contributed by atoms with Gasteiger partial charge in [-0.3, -0.25) is 14.5 Å². The van der Waals surface area contributed by atoms with Gasteiger partial charge in [0.25, 0.3) is 11.1 Å². The Morgan fingerprint density at radius 2 is 1.94 bits per heavy atom. The maximum absolute atomic E-state index is 12.8. The first-order valence-corrected chi connectivity index (χ1v) is 11.3. The highest BCUT2D eigenvalue weighted by Crippen LogP contribution is 2.39. The molecule has 1 aliphatic rings. The normalized spacial score (nSPS) is 14.6. The predicted molar refractivity (Wildman–Crippen MR) is 129 cm³/mol. The SMILES string of the molecule is C#CCOc1c(Br)cc(/C=C2\SC(=O)N(CCOc3cc(C)ccc3C)C2=O)cc1OC. The van der Waals surface area contributed by atoms with E-state index >= 15 is 0 Å². The number of carbonyl (C=O) groups excluding carboxylic acids is 2. The molecule has 2 aromatic carbocycles. The molecule has 0 saturated carbocycles. The molecule has 0 aliphatic carbocycles. The molecule has 0 aromatic heterocycles. The van der Waals surface area contributed by atoms with E-state index in [1.54, 1.807) is 18.2 Å². The molecule has 0 N–H and O–H groups in total. The number of thioether (sulfide) groups is 1. The molecule has 1 saturated heterocycles. The van der Waals surface area contributed by atoms with E-state index in [1.807, 2.05) is 32.0 Å². The van der Waals surface area contributed by atoms with Crippen LogP contribution in [0.4, 0.5) is 4.79 Å². The van der Waals surface area contributed by atoms with E-state index in [9.17, 15) is 9.59 Å². The molecule has 2 aromatic rings. The van der Waals surface area contributed by atoms with Crippen molar-refractivity contribution >= 4 is 44.9 Å². The zero-order valence-electron chi connectivity index (χ0n) is 17.9. The molecule has 0 spiro atoms. The standard InChI is InChI=1S/C24H22BrNO5S/c1-5-9-31-22-18(25)12-17(13-20(22)29-4)14-21-23(27)26(24(28)32-21)8-10-30-19-11-15(2)6-7-16(19)3/h1,6-7,11-14H,8-10H2,2-4H3/b21-14-. The van der Waals surface area contributed by atoms with Gasteiger partial charge >= 0.3 is 0 Å². The van der Waals surface area contributed by atoms with Crippen molar-refractivity contribution in [2.24, 2.45) is 0 Å². The fourth-order valence-corrected chi connectivity index (χ4v) is 4.47. The van der Waals surface area contributed by atoms with Gasteiger partial charge in [-0.1, -0.05) is 18.1 Å². The summed E-state index contributed by atoms with van der Waals surface area (Å²) in [7, 11) is 1.51. The Bertz CT molecular complexity index is 1120. The minimum Gasteiger partial charge on any atom is -0.493 e. The van der Waals surface area contributed by atoms with Crippen molar-refractivity contribution in [1.82, 2.24) is 4.90 Å². The number of methoxy groups -OCH3 is 1. The molecule has 1 fully saturated rings. The van der Waals surface area contributed by atoms with E-state index in [-0.39, 0.29) is 30.9 Å². The third-order valence-electron chi connectivity index (χ3n) is 4.64. The van der Waals surface area contributed by atoms with Gasteiger partial charge < -0.3 is 14.2 Å². The zero-order valence-corrected chi connectivity index (χ0v) is 20.3. The maximum Gasteiger partial charge on any atom is 0.293 e. The quantitative estimate of drug-likeness (QED) is 0.355. The second-order valence-corrected chi connectivity index (χ2v) is 8.83. The van der Waals surface area contributed by atoms with Crippen LogP contribution in [0.5, 0.6) is 17.2 Å². The van der Waals surface area contributed by atoms with Gasteiger partial charge in [-0.15, -0.1) is 6.42 Å². The first-order chi connectivity index (χ1) is 15.3. The number of amides is 2. The highest BCUT2D eigenvalue weighted by atomic mass is 79.9. The number of terminal acetylenes is 1. The second kappa shape index (κ2) is 10.6. The van der Waals surface area contributed by atoms with Crippen molar-refractivity contribution in [2.75, 3.05) is 26.9 Å². The van der Waals surface area contributed by atoms with Crippen LogP contribution in [-0.4, -0.2) is 42.9 Å². The lowest BCUT2D eigenvalue weighted by Gasteiger charge is -2.14. The van der Waals surface area contributed by atoms with Gasteiger partial charge in [0.05, 0.1) is 23.0 Å². The summed E-state index contributed by atoms with van der Waals surface area (Å²) in [5.74, 6) is 3.73. The van der Waals surface area contributed by atoms with Gasteiger partial charge in [-0.2, -0.15) is 0 Å². The number of carbonyl (C=O) groups is 2. The number of hydrogen-bond acceptors (Lipinski definition) is 6. The Balaban J connectivity index is 1.72. The highest BCUT2D eigenvalue weighted by Gasteiger charge is 2.35. The summed E-state index contributed by atoms with van der Waals surface area (Å²) in [6, 6.07) is 9.40. The molecule has 0 unspecified atom stereocenters. The molecule has 1 aliphatic heterocycles. The van der Waals surface area contributed by atoms with Crippen LogP contribution in [0.3, 0.4) is 0 Å². The number of imide groups is 1. The summed E-state index contributed by atoms with van der Waals surface area (Å²) in [6.45, 7) is 4.41. The van der Waals surface area contributed by atoms with Gasteiger partial charge in [0.2, 0.25) is 0 Å². The molecule has 3 rings (SSSR count). The van der Waals surface area contributed by atoms with Gasteiger partial charge in [0, 0.05) is 0 Å². The van der Waals surface area contributed by atoms with Crippen LogP contribution in [0.25, 0.3) is 6.08 Å². The van der Waals surface area contributed by atoms with Crippen LogP contribution in [0.1, 0.15) is 16.7 Å². The number of aryl methyl sites for hydroxylation is 2. The first kappa shape index (κ1) is 23.8. The Morgan fingerprint density at radius 1 is 1.16 bits per heavy atom. The Kier molecular flexibility index (Phi) is 7.89. The monoisotopic (exact) mass is 515 g/mol. The summed E-state index contributed by atoms with van der Waals surface area (Å²) in [5.41, 5.74) is 2.76. The van der Waals surface area contributed by atoms with E-state index in [4.69, 9.17) is 20.6 Å². The van der Waals surface area contributed by atoms with Crippen molar-refractivity contribution < 1.29 is 23.8 Å². The maximum atomic E-state index is 12.8. The molecule has 1 heterocycles. The smallest absolute Gasteiger partial charge is 0.293 e. The molecule has 8 heteroatoms. The summed E-state index contributed by atoms with van der Waals surface area (Å²) < 4.78 is 17.3. The summed E-state index contributed by atoms with van der Waals surface area (Å²) in [5, 5.41) is -0.328. The number of halogens is 1. The average molecular weight is 516 g/mol. The minimum atomic E-state index is -0.354. The van der Waals surface area contributed by atoms with Crippen LogP contribution in [0.2, 0.25) is 0 Å². The molecule has 6 nitrogen and oxygen atoms in total. The summed E-state index contributed by atoms with van der Waals surface area (Å²) in [6.07, 6.45) is 6.90. The zero-order chi connectivity index (χ0) is 23.3. The van der Waals surface area contributed by atoms with Gasteiger partial charge in [0.15, 0.2) is 11.5 Å². The fraction of sp³-hybridized carbons (Fsp3) is 0.250. The fourth-order valence-electron chi connectivity index (χ4n) is 3.03. The van der Waals surface area contributed by atoms with Crippen LogP contribution in [-0.2, 0) is 4.79 Å². The number of rotatable bonds is 8. The van der Waals surface area contributed by atoms with Crippen molar-refractivity contribution in [3.8, 4) is 29.6 Å². The van der Waals surface area contributed by atoms with Gasteiger partial charge in [-0.25, -0.2) is 0 Å². The second-order valence-electron chi connectivity index (χ2n) is 6.98. The number of benzene rings is 2. The third-order valence-corrected chi connectivity index (χ3v) is 6.14. The van der Waals surface area contributed by atoms with Crippen LogP contribution in [0.15, 0.2) is 39.7 Å². The van der Waals surface area contributed by atoms with Crippen LogP contribution < -0.4 is 14.2 Å². The molecule has 166 valence electrons. The molecular formula is C24H22BrNO5S. The molecule has 32 heavy (non-hydrogen) atoms. The predicted octanol–water partition coefficient (Wildman–Crippen LogP) is 5.20. The number of ether oxygens (including phenoxy) is 3. The number of nitrogens with zero attached hydrogens (tertiary/aromatic N) is 1. The van der Waals surface area contributed by atoms with E-state index in [2.05, 4.69) is 21.9 Å². The Morgan fingerprint density at radius 3 is 2.66 bits per heavy atom. The molecule has 0 radical (unpaired) electrons. The number of hydrogen-bond donors (Lipinski definition) is 0. The van der Waals surface area contributed by atoms with E-state index in [1.165, 1.54) is 12.0 Å². The molecule has 0 atom stereocenters. The van der Waals surface area contributed by atoms with Crippen molar-refractivity contribution in [1.29, 1.82) is 0 Å². The topological polar surface area (TPSA) is 65.1 Å². The minimum absolute atomic E-state index is 0.0946. The molecule has 2 amide bonds. The lowest BCUT2D eigenvalue weighted by molar-refractivity contribution is -0.123. The third kappa shape index (κ3) is 5.47. The van der Waals surface area contributed by atoms with Crippen molar-refractivity contribution in [3.05, 3.63) is 56.4 Å². The van der Waals surface area contributed by atoms with E-state index in [0.29, 0.717) is 26.4 Å². The van der Waals surface area contributed by atoms with E-state index < -0.39 is 0 Å². The van der Waals surface area contributed by atoms with Crippen LogP contribution in [0, 0.1) is 26.2 Å². The Hall–Kier alpha value is -2.89. The van der Waals surface area contributed by atoms with Crippen molar-refractivity contribution in [3.63, 3.8) is 0 Å². The lowest BCUT2D eigenvalue weighted by Crippen LogP contribution is -2.32. The summed E-state index contributed by atoms with van der Waals surface area (Å²) in [4.78, 5) is 26.7. The summed E-state index contributed by atoms with van der Waals surface area (Å²) >= 11 is 4.33. The molecule has 0 bridgehead atoms. The highest BCUT2D eigenvalue weighted by molar-refractivity contribution is 9.10. The Labute approximate surface area is 200 Å². The first-order valence-electron chi connectivity index (χ1n) is 9.73. The van der Waals surface area contributed by atoms with Gasteiger partial charge in [-0.05, 0) is 82.5 Å².